The summed E-state index contributed by atoms with van der Waals surface area (Å²) in [5, 5.41) is 2.80. The van der Waals surface area contributed by atoms with Crippen LogP contribution in [-0.4, -0.2) is 51.6 Å². The lowest BCUT2D eigenvalue weighted by Gasteiger charge is -2.20. The highest BCUT2D eigenvalue weighted by Crippen LogP contribution is 2.28. The van der Waals surface area contributed by atoms with Gasteiger partial charge in [-0.3, -0.25) is 4.79 Å². The van der Waals surface area contributed by atoms with E-state index in [1.54, 1.807) is 7.11 Å². The van der Waals surface area contributed by atoms with Crippen molar-refractivity contribution >= 4 is 15.9 Å². The summed E-state index contributed by atoms with van der Waals surface area (Å²) < 4.78 is 30.5. The number of nitrogens with one attached hydrogen (secondary N) is 1. The maximum Gasteiger partial charge on any atom is 0.223 e. The van der Waals surface area contributed by atoms with Crippen molar-refractivity contribution < 1.29 is 17.9 Å². The molecule has 1 aromatic carbocycles. The van der Waals surface area contributed by atoms with Crippen LogP contribution in [-0.2, 0) is 21.2 Å². The summed E-state index contributed by atoms with van der Waals surface area (Å²) >= 11 is 0. The van der Waals surface area contributed by atoms with Gasteiger partial charge in [0.2, 0.25) is 15.9 Å². The van der Waals surface area contributed by atoms with E-state index in [1.807, 2.05) is 24.3 Å². The zero-order valence-electron chi connectivity index (χ0n) is 13.6. The van der Waals surface area contributed by atoms with E-state index in [0.717, 1.165) is 24.2 Å². The first-order valence-electron chi connectivity index (χ1n) is 7.76. The Kier molecular flexibility index (Phi) is 6.01. The number of carbonyl (C=O) groups is 1. The second-order valence-electron chi connectivity index (χ2n) is 5.79. The van der Waals surface area contributed by atoms with Crippen LogP contribution in [0.3, 0.4) is 0 Å². The first-order chi connectivity index (χ1) is 10.9. The van der Waals surface area contributed by atoms with Crippen LogP contribution >= 0.6 is 0 Å². The predicted octanol–water partition coefficient (Wildman–Crippen LogP) is 1.03. The standard InChI is InChI=1S/C16H24N2O4S/c1-22-15-6-4-3-5-13(15)9-11-18(23(2,20)21)12-10-17-16(19)14-7-8-14/h3-6,14H,7-12H2,1-2H3,(H,17,19). The van der Waals surface area contributed by atoms with Gasteiger partial charge < -0.3 is 10.1 Å². The number of sulfonamides is 1. The van der Waals surface area contributed by atoms with Gasteiger partial charge in [0.05, 0.1) is 13.4 Å². The molecule has 0 unspecified atom stereocenters. The molecule has 23 heavy (non-hydrogen) atoms. The fourth-order valence-corrected chi connectivity index (χ4v) is 3.24. The van der Waals surface area contributed by atoms with Gasteiger partial charge in [-0.15, -0.1) is 0 Å². The third-order valence-electron chi connectivity index (χ3n) is 3.90. The number of para-hydroxylation sites is 1. The van der Waals surface area contributed by atoms with Gasteiger partial charge in [-0.05, 0) is 30.9 Å². The molecule has 1 aliphatic carbocycles. The molecule has 1 amide bonds. The minimum Gasteiger partial charge on any atom is -0.496 e. The summed E-state index contributed by atoms with van der Waals surface area (Å²) in [7, 11) is -1.72. The third kappa shape index (κ3) is 5.51. The van der Waals surface area contributed by atoms with E-state index in [-0.39, 0.29) is 18.4 Å². The van der Waals surface area contributed by atoms with Crippen molar-refractivity contribution in [3.8, 4) is 5.75 Å². The van der Waals surface area contributed by atoms with Crippen LogP contribution in [0.15, 0.2) is 24.3 Å². The summed E-state index contributed by atoms with van der Waals surface area (Å²) in [6.07, 6.45) is 3.64. The quantitative estimate of drug-likeness (QED) is 0.728. The second-order valence-corrected chi connectivity index (χ2v) is 7.77. The summed E-state index contributed by atoms with van der Waals surface area (Å²) in [5.74, 6) is 0.918. The van der Waals surface area contributed by atoms with Crippen LogP contribution in [0.25, 0.3) is 0 Å². The molecule has 0 aromatic heterocycles. The van der Waals surface area contributed by atoms with Gasteiger partial charge in [0.25, 0.3) is 0 Å². The molecule has 0 bridgehead atoms. The molecule has 0 radical (unpaired) electrons. The van der Waals surface area contributed by atoms with Gasteiger partial charge >= 0.3 is 0 Å². The zero-order valence-corrected chi connectivity index (χ0v) is 14.4. The molecule has 0 saturated heterocycles. The molecule has 1 aliphatic rings. The lowest BCUT2D eigenvalue weighted by molar-refractivity contribution is -0.122. The van der Waals surface area contributed by atoms with Crippen molar-refractivity contribution in [3.05, 3.63) is 29.8 Å². The summed E-state index contributed by atoms with van der Waals surface area (Å²) in [6, 6.07) is 7.56. The fraction of sp³-hybridized carbons (Fsp3) is 0.562. The fourth-order valence-electron chi connectivity index (χ4n) is 2.39. The van der Waals surface area contributed by atoms with Crippen LogP contribution in [0.5, 0.6) is 5.75 Å². The number of carbonyl (C=O) groups excluding carboxylic acids is 1. The van der Waals surface area contributed by atoms with Crippen LogP contribution in [0.1, 0.15) is 18.4 Å². The number of hydrogen-bond donors (Lipinski definition) is 1. The smallest absolute Gasteiger partial charge is 0.223 e. The van der Waals surface area contributed by atoms with E-state index in [0.29, 0.717) is 19.5 Å². The number of methoxy groups -OCH3 is 1. The largest absolute Gasteiger partial charge is 0.496 e. The number of hydrogen-bond acceptors (Lipinski definition) is 4. The van der Waals surface area contributed by atoms with Crippen LogP contribution in [0.2, 0.25) is 0 Å². The van der Waals surface area contributed by atoms with Crippen molar-refractivity contribution in [2.24, 2.45) is 5.92 Å². The summed E-state index contributed by atoms with van der Waals surface area (Å²) in [6.45, 7) is 0.985. The molecule has 128 valence electrons. The molecule has 1 saturated carbocycles. The Morgan fingerprint density at radius 3 is 2.61 bits per heavy atom. The number of nitrogens with zero attached hydrogens (tertiary/aromatic N) is 1. The topological polar surface area (TPSA) is 75.7 Å². The van der Waals surface area contributed by atoms with E-state index in [1.165, 1.54) is 10.6 Å². The average molecular weight is 340 g/mol. The molecule has 6 nitrogen and oxygen atoms in total. The van der Waals surface area contributed by atoms with E-state index >= 15 is 0 Å². The van der Waals surface area contributed by atoms with Gasteiger partial charge in [0.15, 0.2) is 0 Å². The molecular formula is C16H24N2O4S. The van der Waals surface area contributed by atoms with Crippen LogP contribution < -0.4 is 10.1 Å². The van der Waals surface area contributed by atoms with E-state index in [2.05, 4.69) is 5.32 Å². The van der Waals surface area contributed by atoms with Gasteiger partial charge in [-0.2, -0.15) is 0 Å². The Bertz CT molecular complexity index is 641. The predicted molar refractivity (Wildman–Crippen MR) is 88.8 cm³/mol. The lowest BCUT2D eigenvalue weighted by Crippen LogP contribution is -2.39. The minimum atomic E-state index is -3.32. The third-order valence-corrected chi connectivity index (χ3v) is 5.20. The van der Waals surface area contributed by atoms with Gasteiger partial charge in [-0.1, -0.05) is 18.2 Å². The van der Waals surface area contributed by atoms with Crippen molar-refractivity contribution in [2.75, 3.05) is 33.0 Å². The Labute approximate surface area is 137 Å². The highest BCUT2D eigenvalue weighted by molar-refractivity contribution is 7.88. The molecule has 0 atom stereocenters. The van der Waals surface area contributed by atoms with E-state index in [9.17, 15) is 13.2 Å². The Hall–Kier alpha value is -1.60. The van der Waals surface area contributed by atoms with Crippen molar-refractivity contribution in [3.63, 3.8) is 0 Å². The molecule has 0 aliphatic heterocycles. The van der Waals surface area contributed by atoms with Crippen molar-refractivity contribution in [2.45, 2.75) is 19.3 Å². The van der Waals surface area contributed by atoms with Gasteiger partial charge in [0, 0.05) is 25.6 Å². The Balaban J connectivity index is 1.89. The van der Waals surface area contributed by atoms with E-state index in [4.69, 9.17) is 4.74 Å². The Morgan fingerprint density at radius 1 is 1.30 bits per heavy atom. The molecule has 0 heterocycles. The summed E-state index contributed by atoms with van der Waals surface area (Å²) in [4.78, 5) is 11.6. The molecule has 0 spiro atoms. The molecule has 1 aromatic rings. The maximum absolute atomic E-state index is 11.9. The zero-order chi connectivity index (χ0) is 16.9. The molecule has 7 heteroatoms. The normalized spacial score (nSPS) is 14.7. The first kappa shape index (κ1) is 17.7. The van der Waals surface area contributed by atoms with Gasteiger partial charge in [-0.25, -0.2) is 12.7 Å². The molecular weight excluding hydrogens is 316 g/mol. The minimum absolute atomic E-state index is 0.0307. The number of amides is 1. The monoisotopic (exact) mass is 340 g/mol. The number of ether oxygens (including phenoxy) is 1. The maximum atomic E-state index is 11.9. The molecule has 1 fully saturated rings. The van der Waals surface area contributed by atoms with Crippen molar-refractivity contribution in [1.82, 2.24) is 9.62 Å². The number of benzene rings is 1. The first-order valence-corrected chi connectivity index (χ1v) is 9.61. The van der Waals surface area contributed by atoms with Crippen LogP contribution in [0, 0.1) is 5.92 Å². The summed E-state index contributed by atoms with van der Waals surface area (Å²) in [5.41, 5.74) is 0.964. The highest BCUT2D eigenvalue weighted by atomic mass is 32.2. The van der Waals surface area contributed by atoms with E-state index < -0.39 is 10.0 Å². The van der Waals surface area contributed by atoms with Crippen molar-refractivity contribution in [1.29, 1.82) is 0 Å². The van der Waals surface area contributed by atoms with Gasteiger partial charge in [0.1, 0.15) is 5.75 Å². The average Bonchev–Trinajstić information content (AvgIpc) is 3.34. The lowest BCUT2D eigenvalue weighted by atomic mass is 10.1. The Morgan fingerprint density at radius 2 is 2.00 bits per heavy atom. The SMILES string of the molecule is COc1ccccc1CCN(CCNC(=O)C1CC1)S(C)(=O)=O. The second kappa shape index (κ2) is 7.79. The molecule has 2 rings (SSSR count). The highest BCUT2D eigenvalue weighted by Gasteiger charge is 2.29. The number of rotatable bonds is 9. The van der Waals surface area contributed by atoms with Crippen LogP contribution in [0.4, 0.5) is 0 Å². The molecule has 1 N–H and O–H groups in total.